The molecule has 0 saturated carbocycles. The normalized spacial score (nSPS) is 12.4. The lowest BCUT2D eigenvalue weighted by Crippen LogP contribution is -2.36. The van der Waals surface area contributed by atoms with Crippen molar-refractivity contribution in [3.8, 4) is 0 Å². The standard InChI is InChI=1S/C11H15ClN2/c1-2-3-11(14-13)8-9-4-6-10(12)7-5-9/h2,4-7,11,14H,1,3,8,13H2. The molecule has 0 radical (unpaired) electrons. The Hall–Kier alpha value is -0.830. The molecule has 2 nitrogen and oxygen atoms in total. The molecule has 0 aliphatic heterocycles. The van der Waals surface area contributed by atoms with Gasteiger partial charge in [-0.2, -0.15) is 0 Å². The number of rotatable bonds is 5. The smallest absolute Gasteiger partial charge is 0.0406 e. The Bertz CT molecular complexity index is 282. The van der Waals surface area contributed by atoms with Crippen LogP contribution in [0.25, 0.3) is 0 Å². The maximum absolute atomic E-state index is 5.79. The van der Waals surface area contributed by atoms with Gasteiger partial charge in [-0.1, -0.05) is 29.8 Å². The number of nitrogens with one attached hydrogen (secondary N) is 1. The summed E-state index contributed by atoms with van der Waals surface area (Å²) >= 11 is 5.79. The van der Waals surface area contributed by atoms with Crippen molar-refractivity contribution in [3.63, 3.8) is 0 Å². The van der Waals surface area contributed by atoms with E-state index in [9.17, 15) is 0 Å². The van der Waals surface area contributed by atoms with Crippen LogP contribution < -0.4 is 11.3 Å². The van der Waals surface area contributed by atoms with Crippen molar-refractivity contribution in [2.24, 2.45) is 5.84 Å². The molecule has 1 aromatic carbocycles. The fourth-order valence-corrected chi connectivity index (χ4v) is 1.44. The van der Waals surface area contributed by atoms with E-state index in [4.69, 9.17) is 17.4 Å². The first kappa shape index (κ1) is 11.2. The summed E-state index contributed by atoms with van der Waals surface area (Å²) in [6, 6.07) is 8.04. The Kier molecular flexibility index (Phi) is 4.66. The maximum atomic E-state index is 5.79. The minimum absolute atomic E-state index is 0.244. The van der Waals surface area contributed by atoms with Gasteiger partial charge in [0, 0.05) is 11.1 Å². The first-order valence-corrected chi connectivity index (χ1v) is 4.95. The number of hydrogen-bond donors (Lipinski definition) is 2. The molecule has 14 heavy (non-hydrogen) atoms. The third-order valence-electron chi connectivity index (χ3n) is 2.08. The van der Waals surface area contributed by atoms with E-state index >= 15 is 0 Å². The van der Waals surface area contributed by atoms with Gasteiger partial charge in [0.05, 0.1) is 0 Å². The Morgan fingerprint density at radius 3 is 2.57 bits per heavy atom. The van der Waals surface area contributed by atoms with Gasteiger partial charge < -0.3 is 0 Å². The average Bonchev–Trinajstić information content (AvgIpc) is 2.20. The molecule has 1 unspecified atom stereocenters. The zero-order valence-electron chi connectivity index (χ0n) is 8.04. The van der Waals surface area contributed by atoms with E-state index in [-0.39, 0.29) is 6.04 Å². The van der Waals surface area contributed by atoms with Crippen LogP contribution >= 0.6 is 11.6 Å². The van der Waals surface area contributed by atoms with Gasteiger partial charge in [-0.15, -0.1) is 6.58 Å². The second-order valence-electron chi connectivity index (χ2n) is 3.22. The first-order valence-electron chi connectivity index (χ1n) is 4.57. The summed E-state index contributed by atoms with van der Waals surface area (Å²) < 4.78 is 0. The van der Waals surface area contributed by atoms with E-state index < -0.39 is 0 Å². The Labute approximate surface area is 89.7 Å². The molecule has 0 heterocycles. The van der Waals surface area contributed by atoms with Gasteiger partial charge in [0.15, 0.2) is 0 Å². The average molecular weight is 211 g/mol. The molecule has 1 rings (SSSR count). The van der Waals surface area contributed by atoms with Crippen molar-refractivity contribution >= 4 is 11.6 Å². The van der Waals surface area contributed by atoms with E-state index in [0.717, 1.165) is 17.9 Å². The second kappa shape index (κ2) is 5.81. The topological polar surface area (TPSA) is 38.0 Å². The molecule has 0 fully saturated rings. The summed E-state index contributed by atoms with van der Waals surface area (Å²) in [5.74, 6) is 5.41. The first-order chi connectivity index (χ1) is 6.76. The molecule has 76 valence electrons. The quantitative estimate of drug-likeness (QED) is 0.445. The largest absolute Gasteiger partial charge is 0.271 e. The van der Waals surface area contributed by atoms with Crippen LogP contribution in [0.5, 0.6) is 0 Å². The van der Waals surface area contributed by atoms with Crippen molar-refractivity contribution < 1.29 is 0 Å². The summed E-state index contributed by atoms with van der Waals surface area (Å²) in [7, 11) is 0. The Balaban J connectivity index is 2.57. The summed E-state index contributed by atoms with van der Waals surface area (Å²) in [5, 5.41) is 0.759. The van der Waals surface area contributed by atoms with Crippen LogP contribution in [-0.4, -0.2) is 6.04 Å². The van der Waals surface area contributed by atoms with Gasteiger partial charge in [0.1, 0.15) is 0 Å². The number of halogens is 1. The molecule has 0 spiro atoms. The molecule has 3 heteroatoms. The van der Waals surface area contributed by atoms with Crippen LogP contribution in [0.4, 0.5) is 0 Å². The molecular formula is C11H15ClN2. The highest BCUT2D eigenvalue weighted by Gasteiger charge is 2.04. The fraction of sp³-hybridized carbons (Fsp3) is 0.273. The number of benzene rings is 1. The van der Waals surface area contributed by atoms with Crippen molar-refractivity contribution in [2.45, 2.75) is 18.9 Å². The van der Waals surface area contributed by atoms with Gasteiger partial charge in [-0.05, 0) is 30.5 Å². The predicted octanol–water partition coefficient (Wildman–Crippen LogP) is 2.29. The molecular weight excluding hydrogens is 196 g/mol. The van der Waals surface area contributed by atoms with E-state index in [1.54, 1.807) is 0 Å². The highest BCUT2D eigenvalue weighted by molar-refractivity contribution is 6.30. The zero-order chi connectivity index (χ0) is 10.4. The summed E-state index contributed by atoms with van der Waals surface area (Å²) in [4.78, 5) is 0. The van der Waals surface area contributed by atoms with Crippen LogP contribution in [0.1, 0.15) is 12.0 Å². The summed E-state index contributed by atoms with van der Waals surface area (Å²) in [6.07, 6.45) is 3.61. The molecule has 0 aliphatic carbocycles. The minimum Gasteiger partial charge on any atom is -0.271 e. The van der Waals surface area contributed by atoms with Crippen molar-refractivity contribution in [2.75, 3.05) is 0 Å². The van der Waals surface area contributed by atoms with Crippen molar-refractivity contribution in [1.82, 2.24) is 5.43 Å². The van der Waals surface area contributed by atoms with E-state index in [1.165, 1.54) is 5.56 Å². The van der Waals surface area contributed by atoms with Crippen LogP contribution in [0.3, 0.4) is 0 Å². The Morgan fingerprint density at radius 2 is 2.07 bits per heavy atom. The molecule has 0 amide bonds. The van der Waals surface area contributed by atoms with Crippen LogP contribution in [0.15, 0.2) is 36.9 Å². The number of nitrogens with two attached hydrogens (primary N) is 1. The number of hydrogen-bond acceptors (Lipinski definition) is 2. The van der Waals surface area contributed by atoms with Gasteiger partial charge in [0.2, 0.25) is 0 Å². The van der Waals surface area contributed by atoms with Crippen LogP contribution in [0.2, 0.25) is 5.02 Å². The third kappa shape index (κ3) is 3.50. The fourth-order valence-electron chi connectivity index (χ4n) is 1.32. The van der Waals surface area contributed by atoms with Gasteiger partial charge >= 0.3 is 0 Å². The predicted molar refractivity (Wildman–Crippen MR) is 61.1 cm³/mol. The van der Waals surface area contributed by atoms with Crippen LogP contribution in [-0.2, 0) is 6.42 Å². The van der Waals surface area contributed by atoms with Crippen molar-refractivity contribution in [3.05, 3.63) is 47.5 Å². The highest BCUT2D eigenvalue weighted by Crippen LogP contribution is 2.11. The monoisotopic (exact) mass is 210 g/mol. The summed E-state index contributed by atoms with van der Waals surface area (Å²) in [6.45, 7) is 3.69. The van der Waals surface area contributed by atoms with Gasteiger partial charge in [-0.25, -0.2) is 0 Å². The zero-order valence-corrected chi connectivity index (χ0v) is 8.80. The molecule has 0 saturated heterocycles. The summed E-state index contributed by atoms with van der Waals surface area (Å²) in [5.41, 5.74) is 3.98. The Morgan fingerprint density at radius 1 is 1.43 bits per heavy atom. The van der Waals surface area contributed by atoms with E-state index in [2.05, 4.69) is 12.0 Å². The van der Waals surface area contributed by atoms with Crippen LogP contribution in [0, 0.1) is 0 Å². The van der Waals surface area contributed by atoms with Crippen molar-refractivity contribution in [1.29, 1.82) is 0 Å². The lowest BCUT2D eigenvalue weighted by Gasteiger charge is -2.13. The minimum atomic E-state index is 0.244. The van der Waals surface area contributed by atoms with E-state index in [0.29, 0.717) is 0 Å². The van der Waals surface area contributed by atoms with Gasteiger partial charge in [-0.3, -0.25) is 11.3 Å². The van der Waals surface area contributed by atoms with Gasteiger partial charge in [0.25, 0.3) is 0 Å². The molecule has 0 bridgehead atoms. The maximum Gasteiger partial charge on any atom is 0.0406 e. The molecule has 0 aliphatic rings. The SMILES string of the molecule is C=CCC(Cc1ccc(Cl)cc1)NN. The molecule has 0 aromatic heterocycles. The molecule has 1 atom stereocenters. The highest BCUT2D eigenvalue weighted by atomic mass is 35.5. The lowest BCUT2D eigenvalue weighted by molar-refractivity contribution is 0.531. The van der Waals surface area contributed by atoms with E-state index in [1.807, 2.05) is 30.3 Å². The molecule has 3 N–H and O–H groups in total. The second-order valence-corrected chi connectivity index (χ2v) is 3.65. The lowest BCUT2D eigenvalue weighted by atomic mass is 10.0. The third-order valence-corrected chi connectivity index (χ3v) is 2.33. The number of hydrazine groups is 1. The molecule has 1 aromatic rings.